The van der Waals surface area contributed by atoms with E-state index < -0.39 is 0 Å². The van der Waals surface area contributed by atoms with E-state index >= 15 is 0 Å². The van der Waals surface area contributed by atoms with Gasteiger partial charge in [-0.05, 0) is 5.56 Å². The molecule has 0 aromatic heterocycles. The van der Waals surface area contributed by atoms with Crippen LogP contribution in [-0.2, 0) is 11.3 Å². The molecule has 1 aliphatic heterocycles. The molecule has 4 nitrogen and oxygen atoms in total. The number of carbonyl (C=O) groups excluding carboxylic acids is 1. The number of benzene rings is 1. The number of nitrogens with one attached hydrogen (secondary N) is 1. The molecule has 0 unspecified atom stereocenters. The number of hydrogen-bond donors (Lipinski definition) is 1. The molecule has 2 rings (SSSR count). The molecular formula is C12H16N2O2. The van der Waals surface area contributed by atoms with Gasteiger partial charge in [-0.3, -0.25) is 0 Å². The lowest BCUT2D eigenvalue weighted by Gasteiger charge is -2.37. The van der Waals surface area contributed by atoms with Crippen LogP contribution in [0.2, 0.25) is 0 Å². The number of hydrogen-bond acceptors (Lipinski definition) is 2. The first-order valence-corrected chi connectivity index (χ1v) is 5.39. The fourth-order valence-corrected chi connectivity index (χ4v) is 1.64. The van der Waals surface area contributed by atoms with Gasteiger partial charge in [-0.2, -0.15) is 0 Å². The lowest BCUT2D eigenvalue weighted by Crippen LogP contribution is -2.57. The van der Waals surface area contributed by atoms with E-state index in [4.69, 9.17) is 4.74 Å². The minimum absolute atomic E-state index is 0.0165. The molecule has 1 aromatic carbocycles. The van der Waals surface area contributed by atoms with Crippen molar-refractivity contribution in [2.24, 2.45) is 0 Å². The van der Waals surface area contributed by atoms with Gasteiger partial charge in [0.15, 0.2) is 0 Å². The molecule has 1 N–H and O–H groups in total. The van der Waals surface area contributed by atoms with Crippen LogP contribution in [0, 0.1) is 0 Å². The van der Waals surface area contributed by atoms with E-state index in [1.807, 2.05) is 30.3 Å². The first-order chi connectivity index (χ1) is 7.79. The van der Waals surface area contributed by atoms with Gasteiger partial charge in [-0.1, -0.05) is 30.3 Å². The third kappa shape index (κ3) is 2.52. The molecule has 1 aromatic rings. The Hall–Kier alpha value is -1.55. The molecule has 1 heterocycles. The number of likely N-dealkylation sites (tertiary alicyclic amines) is 1. The predicted octanol–water partition coefficient (Wildman–Crippen LogP) is 1.23. The summed E-state index contributed by atoms with van der Waals surface area (Å²) in [7, 11) is 1.67. The third-order valence-corrected chi connectivity index (χ3v) is 2.76. The zero-order valence-electron chi connectivity index (χ0n) is 9.35. The summed E-state index contributed by atoms with van der Waals surface area (Å²) < 4.78 is 5.11. The van der Waals surface area contributed by atoms with Gasteiger partial charge >= 0.3 is 6.03 Å². The minimum Gasteiger partial charge on any atom is -0.378 e. The Morgan fingerprint density at radius 3 is 2.75 bits per heavy atom. The fraction of sp³-hybridized carbons (Fsp3) is 0.417. The molecule has 4 heteroatoms. The van der Waals surface area contributed by atoms with Gasteiger partial charge in [0.25, 0.3) is 0 Å². The topological polar surface area (TPSA) is 41.6 Å². The molecule has 0 aliphatic carbocycles. The number of urea groups is 1. The van der Waals surface area contributed by atoms with Crippen LogP contribution < -0.4 is 5.32 Å². The highest BCUT2D eigenvalue weighted by Gasteiger charge is 2.30. The number of nitrogens with zero attached hydrogens (tertiary/aromatic N) is 1. The number of carbonyl (C=O) groups is 1. The van der Waals surface area contributed by atoms with Crippen molar-refractivity contribution in [1.82, 2.24) is 10.2 Å². The second-order valence-electron chi connectivity index (χ2n) is 3.91. The van der Waals surface area contributed by atoms with Crippen molar-refractivity contribution in [2.45, 2.75) is 12.6 Å². The molecule has 1 fully saturated rings. The van der Waals surface area contributed by atoms with Gasteiger partial charge < -0.3 is 15.0 Å². The Morgan fingerprint density at radius 1 is 1.44 bits per heavy atom. The van der Waals surface area contributed by atoms with Crippen molar-refractivity contribution >= 4 is 6.03 Å². The van der Waals surface area contributed by atoms with Crippen LogP contribution in [0.5, 0.6) is 0 Å². The number of ether oxygens (including phenoxy) is 1. The highest BCUT2D eigenvalue weighted by atomic mass is 16.5. The first-order valence-electron chi connectivity index (χ1n) is 5.39. The van der Waals surface area contributed by atoms with Crippen LogP contribution in [0.25, 0.3) is 0 Å². The van der Waals surface area contributed by atoms with E-state index in [9.17, 15) is 4.79 Å². The zero-order chi connectivity index (χ0) is 11.4. The molecule has 16 heavy (non-hydrogen) atoms. The minimum atomic E-state index is -0.0165. The van der Waals surface area contributed by atoms with Crippen LogP contribution in [0.3, 0.4) is 0 Å². The zero-order valence-corrected chi connectivity index (χ0v) is 9.35. The van der Waals surface area contributed by atoms with Crippen LogP contribution in [-0.4, -0.2) is 37.2 Å². The second kappa shape index (κ2) is 4.99. The number of rotatable bonds is 3. The Kier molecular flexibility index (Phi) is 3.41. The summed E-state index contributed by atoms with van der Waals surface area (Å²) >= 11 is 0. The second-order valence-corrected chi connectivity index (χ2v) is 3.91. The number of methoxy groups -OCH3 is 1. The smallest absolute Gasteiger partial charge is 0.317 e. The fourth-order valence-electron chi connectivity index (χ4n) is 1.64. The summed E-state index contributed by atoms with van der Waals surface area (Å²) in [5, 5.41) is 2.88. The maximum absolute atomic E-state index is 11.6. The summed E-state index contributed by atoms with van der Waals surface area (Å²) in [5.41, 5.74) is 1.11. The lowest BCUT2D eigenvalue weighted by atomic mass is 10.2. The van der Waals surface area contributed by atoms with Gasteiger partial charge in [0, 0.05) is 13.7 Å². The van der Waals surface area contributed by atoms with E-state index in [1.165, 1.54) is 0 Å². The highest BCUT2D eigenvalue weighted by Crippen LogP contribution is 2.10. The Bertz CT molecular complexity index is 347. The van der Waals surface area contributed by atoms with Gasteiger partial charge in [0.05, 0.1) is 19.2 Å². The van der Waals surface area contributed by atoms with Crippen molar-refractivity contribution in [1.29, 1.82) is 0 Å². The van der Waals surface area contributed by atoms with E-state index in [1.54, 1.807) is 12.0 Å². The van der Waals surface area contributed by atoms with E-state index in [0.717, 1.165) is 5.56 Å². The molecule has 1 aliphatic rings. The average molecular weight is 220 g/mol. The molecule has 0 spiro atoms. The van der Waals surface area contributed by atoms with Crippen LogP contribution in [0.4, 0.5) is 4.79 Å². The van der Waals surface area contributed by atoms with Crippen LogP contribution >= 0.6 is 0 Å². The monoisotopic (exact) mass is 220 g/mol. The summed E-state index contributed by atoms with van der Waals surface area (Å²) in [4.78, 5) is 13.4. The van der Waals surface area contributed by atoms with Crippen LogP contribution in [0.1, 0.15) is 5.56 Å². The summed E-state index contributed by atoms with van der Waals surface area (Å²) in [6.45, 7) is 1.96. The SMILES string of the molecule is COC1CN(C(=O)NCc2ccccc2)C1. The maximum atomic E-state index is 11.6. The summed E-state index contributed by atoms with van der Waals surface area (Å²) in [5.74, 6) is 0. The average Bonchev–Trinajstić information content (AvgIpc) is 2.26. The first kappa shape index (κ1) is 11.0. The predicted molar refractivity (Wildman–Crippen MR) is 61.0 cm³/mol. The van der Waals surface area contributed by atoms with Crippen molar-refractivity contribution < 1.29 is 9.53 Å². The van der Waals surface area contributed by atoms with Gasteiger partial charge in [-0.15, -0.1) is 0 Å². The largest absolute Gasteiger partial charge is 0.378 e. The van der Waals surface area contributed by atoms with Crippen molar-refractivity contribution in [3.8, 4) is 0 Å². The van der Waals surface area contributed by atoms with E-state index in [0.29, 0.717) is 19.6 Å². The van der Waals surface area contributed by atoms with Crippen molar-refractivity contribution in [3.05, 3.63) is 35.9 Å². The lowest BCUT2D eigenvalue weighted by molar-refractivity contribution is -0.00770. The molecule has 0 radical (unpaired) electrons. The van der Waals surface area contributed by atoms with Crippen molar-refractivity contribution in [3.63, 3.8) is 0 Å². The molecule has 0 saturated carbocycles. The molecular weight excluding hydrogens is 204 g/mol. The maximum Gasteiger partial charge on any atom is 0.317 e. The summed E-state index contributed by atoms with van der Waals surface area (Å²) in [6.07, 6.45) is 0.211. The van der Waals surface area contributed by atoms with Gasteiger partial charge in [0.1, 0.15) is 0 Å². The van der Waals surface area contributed by atoms with Crippen LogP contribution in [0.15, 0.2) is 30.3 Å². The molecule has 2 amide bonds. The van der Waals surface area contributed by atoms with Crippen molar-refractivity contribution in [2.75, 3.05) is 20.2 Å². The molecule has 86 valence electrons. The molecule has 0 atom stereocenters. The van der Waals surface area contributed by atoms with Gasteiger partial charge in [0.2, 0.25) is 0 Å². The van der Waals surface area contributed by atoms with E-state index in [-0.39, 0.29) is 12.1 Å². The summed E-state index contributed by atoms with van der Waals surface area (Å²) in [6, 6.07) is 9.86. The third-order valence-electron chi connectivity index (χ3n) is 2.76. The Labute approximate surface area is 95.2 Å². The standard InChI is InChI=1S/C12H16N2O2/c1-16-11-8-14(9-11)12(15)13-7-10-5-3-2-4-6-10/h2-6,11H,7-9H2,1H3,(H,13,15). The van der Waals surface area contributed by atoms with Gasteiger partial charge in [-0.25, -0.2) is 4.79 Å². The highest BCUT2D eigenvalue weighted by molar-refractivity contribution is 5.75. The Balaban J connectivity index is 1.73. The molecule has 1 saturated heterocycles. The Morgan fingerprint density at radius 2 is 2.12 bits per heavy atom. The quantitative estimate of drug-likeness (QED) is 0.832. The number of amides is 2. The normalized spacial score (nSPS) is 15.7. The van der Waals surface area contributed by atoms with E-state index in [2.05, 4.69) is 5.32 Å². The molecule has 0 bridgehead atoms.